The summed E-state index contributed by atoms with van der Waals surface area (Å²) < 4.78 is 6.99. The Hall–Kier alpha value is -0.970. The summed E-state index contributed by atoms with van der Waals surface area (Å²) >= 11 is 1.48. The average molecular weight is 268 g/mol. The minimum atomic E-state index is -0.198. The molecule has 0 N–H and O–H groups in total. The summed E-state index contributed by atoms with van der Waals surface area (Å²) in [7, 11) is 1.42. The van der Waals surface area contributed by atoms with Gasteiger partial charge in [0.15, 0.2) is 5.16 Å². The summed E-state index contributed by atoms with van der Waals surface area (Å²) in [5.41, 5.74) is 2.29. The Morgan fingerprint density at radius 2 is 2.11 bits per heavy atom. The molecule has 0 amide bonds. The van der Waals surface area contributed by atoms with E-state index in [4.69, 9.17) is 0 Å². The topological polar surface area (TPSA) is 44.1 Å². The lowest BCUT2D eigenvalue weighted by molar-refractivity contribution is -0.137. The molecule has 0 aliphatic heterocycles. The largest absolute Gasteiger partial charge is 0.468 e. The first kappa shape index (κ1) is 13.5. The van der Waals surface area contributed by atoms with E-state index in [1.54, 1.807) is 0 Å². The molecule has 1 aliphatic rings. The van der Waals surface area contributed by atoms with Gasteiger partial charge in [-0.25, -0.2) is 4.98 Å². The van der Waals surface area contributed by atoms with Crippen molar-refractivity contribution in [2.24, 2.45) is 0 Å². The van der Waals surface area contributed by atoms with Crippen LogP contribution in [0.4, 0.5) is 0 Å². The molecule has 1 aromatic heterocycles. The number of aryl methyl sites for hydroxylation is 1. The predicted molar refractivity (Wildman–Crippen MR) is 71.9 cm³/mol. The van der Waals surface area contributed by atoms with Crippen LogP contribution in [-0.2, 0) is 9.53 Å². The van der Waals surface area contributed by atoms with E-state index < -0.39 is 0 Å². The molecule has 2 rings (SSSR count). The van der Waals surface area contributed by atoms with Crippen molar-refractivity contribution in [1.29, 1.82) is 0 Å². The molecule has 18 heavy (non-hydrogen) atoms. The summed E-state index contributed by atoms with van der Waals surface area (Å²) in [6.45, 7) is 4.14. The average Bonchev–Trinajstić information content (AvgIpc) is 2.96. The Labute approximate surface area is 112 Å². The monoisotopic (exact) mass is 268 g/mol. The lowest BCUT2D eigenvalue weighted by Crippen LogP contribution is -2.10. The number of rotatable bonds is 4. The molecule has 0 bridgehead atoms. The molecule has 1 saturated carbocycles. The van der Waals surface area contributed by atoms with Crippen LogP contribution in [0.3, 0.4) is 0 Å². The van der Waals surface area contributed by atoms with Gasteiger partial charge >= 0.3 is 5.97 Å². The van der Waals surface area contributed by atoms with Crippen molar-refractivity contribution in [3.63, 3.8) is 0 Å². The highest BCUT2D eigenvalue weighted by atomic mass is 32.2. The number of esters is 1. The summed E-state index contributed by atoms with van der Waals surface area (Å²) in [4.78, 5) is 15.8. The standard InChI is InChI=1S/C13H20N2O2S/c1-9-10(2)15(11-6-4-5-7-11)13(14-9)18-8-12(16)17-3/h11H,4-8H2,1-3H3. The fourth-order valence-corrected chi connectivity index (χ4v) is 3.46. The Kier molecular flexibility index (Phi) is 4.32. The lowest BCUT2D eigenvalue weighted by atomic mass is 10.2. The highest BCUT2D eigenvalue weighted by Gasteiger charge is 2.23. The normalized spacial score (nSPS) is 16.2. The third-order valence-electron chi connectivity index (χ3n) is 3.59. The zero-order valence-corrected chi connectivity index (χ0v) is 12.0. The van der Waals surface area contributed by atoms with Gasteiger partial charge in [-0.15, -0.1) is 0 Å². The SMILES string of the molecule is COC(=O)CSc1nc(C)c(C)n1C1CCCC1. The third-order valence-corrected chi connectivity index (χ3v) is 4.52. The van der Waals surface area contributed by atoms with Gasteiger partial charge in [-0.3, -0.25) is 4.79 Å². The summed E-state index contributed by atoms with van der Waals surface area (Å²) in [5.74, 6) is 0.135. The van der Waals surface area contributed by atoms with Gasteiger partial charge in [0.05, 0.1) is 18.6 Å². The molecule has 100 valence electrons. The summed E-state index contributed by atoms with van der Waals surface area (Å²) in [6, 6.07) is 0.561. The smallest absolute Gasteiger partial charge is 0.316 e. The number of nitrogens with zero attached hydrogens (tertiary/aromatic N) is 2. The van der Waals surface area contributed by atoms with Crippen LogP contribution in [0.25, 0.3) is 0 Å². The number of ether oxygens (including phenoxy) is 1. The zero-order valence-electron chi connectivity index (χ0n) is 11.2. The van der Waals surface area contributed by atoms with Crippen LogP contribution in [0, 0.1) is 13.8 Å². The fourth-order valence-electron chi connectivity index (χ4n) is 2.47. The van der Waals surface area contributed by atoms with E-state index in [1.807, 2.05) is 6.92 Å². The number of imidazole rings is 1. The van der Waals surface area contributed by atoms with Gasteiger partial charge < -0.3 is 9.30 Å². The van der Waals surface area contributed by atoms with Gasteiger partial charge in [-0.1, -0.05) is 24.6 Å². The number of hydrogen-bond acceptors (Lipinski definition) is 4. The Morgan fingerprint density at radius 3 is 2.72 bits per heavy atom. The van der Waals surface area contributed by atoms with Gasteiger partial charge in [-0.05, 0) is 26.7 Å². The molecule has 0 radical (unpaired) electrons. The van der Waals surface area contributed by atoms with Crippen molar-refractivity contribution in [2.75, 3.05) is 12.9 Å². The Balaban J connectivity index is 2.18. The van der Waals surface area contributed by atoms with Crippen molar-refractivity contribution in [1.82, 2.24) is 9.55 Å². The minimum absolute atomic E-state index is 0.198. The van der Waals surface area contributed by atoms with Crippen molar-refractivity contribution < 1.29 is 9.53 Å². The van der Waals surface area contributed by atoms with E-state index in [0.29, 0.717) is 11.8 Å². The first-order valence-corrected chi connectivity index (χ1v) is 7.37. The molecule has 0 saturated heterocycles. The van der Waals surface area contributed by atoms with Gasteiger partial charge in [0.1, 0.15) is 0 Å². The van der Waals surface area contributed by atoms with Crippen LogP contribution in [0.15, 0.2) is 5.16 Å². The van der Waals surface area contributed by atoms with Gasteiger partial charge in [-0.2, -0.15) is 0 Å². The second kappa shape index (κ2) is 5.78. The number of methoxy groups -OCH3 is 1. The first-order valence-electron chi connectivity index (χ1n) is 6.38. The molecular weight excluding hydrogens is 248 g/mol. The van der Waals surface area contributed by atoms with E-state index in [-0.39, 0.29) is 5.97 Å². The molecule has 1 fully saturated rings. The van der Waals surface area contributed by atoms with Crippen LogP contribution in [0.2, 0.25) is 0 Å². The predicted octanol–water partition coefficient (Wildman–Crippen LogP) is 2.88. The van der Waals surface area contributed by atoms with Gasteiger partial charge in [0, 0.05) is 11.7 Å². The van der Waals surface area contributed by atoms with E-state index in [2.05, 4.69) is 21.2 Å². The Bertz CT molecular complexity index is 436. The number of carbonyl (C=O) groups excluding carboxylic acids is 1. The van der Waals surface area contributed by atoms with Crippen LogP contribution in [-0.4, -0.2) is 28.4 Å². The molecule has 0 spiro atoms. The quantitative estimate of drug-likeness (QED) is 0.622. The zero-order chi connectivity index (χ0) is 13.1. The molecule has 1 aliphatic carbocycles. The number of aromatic nitrogens is 2. The molecular formula is C13H20N2O2S. The lowest BCUT2D eigenvalue weighted by Gasteiger charge is -2.16. The molecule has 0 unspecified atom stereocenters. The van der Waals surface area contributed by atoms with Gasteiger partial charge in [0.25, 0.3) is 0 Å². The molecule has 1 aromatic rings. The van der Waals surface area contributed by atoms with E-state index in [9.17, 15) is 4.79 Å². The van der Waals surface area contributed by atoms with E-state index >= 15 is 0 Å². The highest BCUT2D eigenvalue weighted by Crippen LogP contribution is 2.35. The maximum Gasteiger partial charge on any atom is 0.316 e. The molecule has 0 aromatic carbocycles. The van der Waals surface area contributed by atoms with Crippen LogP contribution in [0.5, 0.6) is 0 Å². The van der Waals surface area contributed by atoms with Gasteiger partial charge in [0.2, 0.25) is 0 Å². The van der Waals surface area contributed by atoms with Crippen LogP contribution in [0.1, 0.15) is 43.1 Å². The second-order valence-corrected chi connectivity index (χ2v) is 5.68. The number of hydrogen-bond donors (Lipinski definition) is 0. The van der Waals surface area contributed by atoms with Crippen molar-refractivity contribution in [3.8, 4) is 0 Å². The maximum absolute atomic E-state index is 11.2. The number of carbonyl (C=O) groups is 1. The summed E-state index contributed by atoms with van der Waals surface area (Å²) in [6.07, 6.45) is 5.04. The highest BCUT2D eigenvalue weighted by molar-refractivity contribution is 7.99. The van der Waals surface area contributed by atoms with Crippen molar-refractivity contribution in [3.05, 3.63) is 11.4 Å². The molecule has 5 heteroatoms. The minimum Gasteiger partial charge on any atom is -0.468 e. The Morgan fingerprint density at radius 1 is 1.44 bits per heavy atom. The molecule has 0 atom stereocenters. The van der Waals surface area contributed by atoms with Crippen molar-refractivity contribution >= 4 is 17.7 Å². The van der Waals surface area contributed by atoms with E-state index in [1.165, 1.54) is 50.2 Å². The molecule has 4 nitrogen and oxygen atoms in total. The first-order chi connectivity index (χ1) is 8.63. The fraction of sp³-hybridized carbons (Fsp3) is 0.692. The molecule has 1 heterocycles. The van der Waals surface area contributed by atoms with Crippen LogP contribution >= 0.6 is 11.8 Å². The van der Waals surface area contributed by atoms with Crippen LogP contribution < -0.4 is 0 Å². The van der Waals surface area contributed by atoms with Crippen molar-refractivity contribution in [2.45, 2.75) is 50.7 Å². The maximum atomic E-state index is 11.2. The number of thioether (sulfide) groups is 1. The summed E-state index contributed by atoms with van der Waals surface area (Å²) in [5, 5.41) is 0.960. The van der Waals surface area contributed by atoms with E-state index in [0.717, 1.165) is 10.9 Å². The second-order valence-electron chi connectivity index (χ2n) is 4.74. The third kappa shape index (κ3) is 2.71.